The quantitative estimate of drug-likeness (QED) is 0.312. The summed E-state index contributed by atoms with van der Waals surface area (Å²) in [4.78, 5) is 38.1. The van der Waals surface area contributed by atoms with E-state index in [2.05, 4.69) is 5.32 Å². The van der Waals surface area contributed by atoms with Gasteiger partial charge in [0.15, 0.2) is 6.61 Å². The number of nitrogens with zero attached hydrogens (tertiary/aromatic N) is 2. The number of carbonyl (C=O) groups excluding carboxylic acids is 2. The van der Waals surface area contributed by atoms with E-state index in [0.29, 0.717) is 28.6 Å². The Morgan fingerprint density at radius 2 is 1.86 bits per heavy atom. The standard InChI is InChI=1S/C24H29Cl2N3O6/c1-5-20(24(31)27-12-15(2)3)28(13-16-6-8-18(25)19(26)10-16)23(30)14-35-17-7-9-21(29(32)33)22(11-17)34-4/h6-11,15,20H,5,12-14H2,1-4H3,(H,27,31)/t20-/m0/s1. The van der Waals surface area contributed by atoms with Crippen LogP contribution < -0.4 is 14.8 Å². The molecule has 2 aromatic rings. The summed E-state index contributed by atoms with van der Waals surface area (Å²) in [6.45, 7) is 5.96. The SMILES string of the molecule is CC[C@@H](C(=O)NCC(C)C)N(Cc1ccc(Cl)c(Cl)c1)C(=O)COc1ccc([N+](=O)[O-])c(OC)c1. The number of benzene rings is 2. The van der Waals surface area contributed by atoms with Gasteiger partial charge in [0, 0.05) is 25.2 Å². The molecule has 0 spiro atoms. The third-order valence-electron chi connectivity index (χ3n) is 5.12. The monoisotopic (exact) mass is 525 g/mol. The van der Waals surface area contributed by atoms with Crippen LogP contribution in [-0.4, -0.2) is 47.9 Å². The molecule has 2 rings (SSSR count). The van der Waals surface area contributed by atoms with Crippen LogP contribution in [0.1, 0.15) is 32.8 Å². The second-order valence-electron chi connectivity index (χ2n) is 8.21. The van der Waals surface area contributed by atoms with Crippen LogP contribution in [-0.2, 0) is 16.1 Å². The first-order chi connectivity index (χ1) is 16.6. The second-order valence-corrected chi connectivity index (χ2v) is 9.03. The van der Waals surface area contributed by atoms with E-state index in [1.54, 1.807) is 18.2 Å². The molecule has 0 aliphatic heterocycles. The number of rotatable bonds is 12. The third-order valence-corrected chi connectivity index (χ3v) is 5.86. The van der Waals surface area contributed by atoms with E-state index >= 15 is 0 Å². The highest BCUT2D eigenvalue weighted by atomic mass is 35.5. The van der Waals surface area contributed by atoms with Crippen molar-refractivity contribution in [3.63, 3.8) is 0 Å². The Bertz CT molecular complexity index is 1060. The lowest BCUT2D eigenvalue weighted by Gasteiger charge is -2.31. The molecular formula is C24H29Cl2N3O6. The predicted molar refractivity (Wildman–Crippen MR) is 134 cm³/mol. The summed E-state index contributed by atoms with van der Waals surface area (Å²) in [6.07, 6.45) is 0.377. The van der Waals surface area contributed by atoms with Crippen molar-refractivity contribution in [2.45, 2.75) is 39.8 Å². The van der Waals surface area contributed by atoms with Gasteiger partial charge in [-0.15, -0.1) is 0 Å². The van der Waals surface area contributed by atoms with Crippen molar-refractivity contribution in [1.82, 2.24) is 10.2 Å². The van der Waals surface area contributed by atoms with Gasteiger partial charge in [-0.25, -0.2) is 0 Å². The van der Waals surface area contributed by atoms with Gasteiger partial charge in [-0.05, 0) is 36.1 Å². The third kappa shape index (κ3) is 8.00. The molecule has 0 fully saturated rings. The number of nitro benzene ring substituents is 1. The molecule has 1 atom stereocenters. The van der Waals surface area contributed by atoms with Crippen molar-refractivity contribution in [1.29, 1.82) is 0 Å². The van der Waals surface area contributed by atoms with Crippen molar-refractivity contribution in [2.75, 3.05) is 20.3 Å². The van der Waals surface area contributed by atoms with Crippen LogP contribution in [0.3, 0.4) is 0 Å². The summed E-state index contributed by atoms with van der Waals surface area (Å²) in [7, 11) is 1.30. The first-order valence-electron chi connectivity index (χ1n) is 11.0. The van der Waals surface area contributed by atoms with E-state index < -0.39 is 23.5 Å². The number of hydrogen-bond acceptors (Lipinski definition) is 6. The summed E-state index contributed by atoms with van der Waals surface area (Å²) >= 11 is 12.2. The number of amides is 2. The zero-order chi connectivity index (χ0) is 26.1. The summed E-state index contributed by atoms with van der Waals surface area (Å²) in [5, 5.41) is 14.7. The zero-order valence-corrected chi connectivity index (χ0v) is 21.6. The number of nitro groups is 1. The topological polar surface area (TPSA) is 111 Å². The van der Waals surface area contributed by atoms with Gasteiger partial charge >= 0.3 is 5.69 Å². The van der Waals surface area contributed by atoms with Gasteiger partial charge in [0.05, 0.1) is 22.1 Å². The van der Waals surface area contributed by atoms with Crippen LogP contribution in [0, 0.1) is 16.0 Å². The van der Waals surface area contributed by atoms with Crippen LogP contribution in [0.25, 0.3) is 0 Å². The van der Waals surface area contributed by atoms with Crippen LogP contribution in [0.15, 0.2) is 36.4 Å². The van der Waals surface area contributed by atoms with Crippen LogP contribution in [0.2, 0.25) is 10.0 Å². The summed E-state index contributed by atoms with van der Waals surface area (Å²) in [5.41, 5.74) is 0.472. The number of carbonyl (C=O) groups is 2. The molecule has 35 heavy (non-hydrogen) atoms. The average molecular weight is 526 g/mol. The van der Waals surface area contributed by atoms with Crippen LogP contribution in [0.4, 0.5) is 5.69 Å². The maximum absolute atomic E-state index is 13.3. The van der Waals surface area contributed by atoms with E-state index in [1.165, 1.54) is 30.2 Å². The minimum absolute atomic E-state index is 0.00658. The highest BCUT2D eigenvalue weighted by Gasteiger charge is 2.29. The molecular weight excluding hydrogens is 497 g/mol. The largest absolute Gasteiger partial charge is 0.490 e. The summed E-state index contributed by atoms with van der Waals surface area (Å²) in [6, 6.07) is 8.21. The molecule has 0 bridgehead atoms. The van der Waals surface area contributed by atoms with E-state index in [4.69, 9.17) is 32.7 Å². The number of hydrogen-bond donors (Lipinski definition) is 1. The lowest BCUT2D eigenvalue weighted by atomic mass is 10.1. The molecule has 1 N–H and O–H groups in total. The molecule has 2 aromatic carbocycles. The van der Waals surface area contributed by atoms with E-state index in [1.807, 2.05) is 20.8 Å². The first kappa shape index (κ1) is 28.2. The van der Waals surface area contributed by atoms with Crippen molar-refractivity contribution in [2.24, 2.45) is 5.92 Å². The zero-order valence-electron chi connectivity index (χ0n) is 20.0. The molecule has 0 radical (unpaired) electrons. The van der Waals surface area contributed by atoms with Gasteiger partial charge in [0.1, 0.15) is 11.8 Å². The van der Waals surface area contributed by atoms with Crippen molar-refractivity contribution >= 4 is 40.7 Å². The molecule has 2 amide bonds. The Morgan fingerprint density at radius 1 is 1.14 bits per heavy atom. The second kappa shape index (κ2) is 13.2. The van der Waals surface area contributed by atoms with E-state index in [-0.39, 0.29) is 35.6 Å². The highest BCUT2D eigenvalue weighted by Crippen LogP contribution is 2.31. The van der Waals surface area contributed by atoms with Crippen LogP contribution in [0.5, 0.6) is 11.5 Å². The Kier molecular flexibility index (Phi) is 10.6. The number of halogens is 2. The fraction of sp³-hybridized carbons (Fsp3) is 0.417. The van der Waals surface area contributed by atoms with Crippen LogP contribution >= 0.6 is 23.2 Å². The van der Waals surface area contributed by atoms with E-state index in [9.17, 15) is 19.7 Å². The van der Waals surface area contributed by atoms with Gasteiger partial charge in [0.2, 0.25) is 11.7 Å². The maximum Gasteiger partial charge on any atom is 0.311 e. The molecule has 0 aliphatic carbocycles. The minimum Gasteiger partial charge on any atom is -0.490 e. The predicted octanol–water partition coefficient (Wildman–Crippen LogP) is 4.87. The minimum atomic E-state index is -0.745. The Labute approximate surface area is 214 Å². The van der Waals surface area contributed by atoms with Gasteiger partial charge < -0.3 is 19.7 Å². The molecule has 0 aliphatic rings. The number of nitrogens with one attached hydrogen (secondary N) is 1. The van der Waals surface area contributed by atoms with Gasteiger partial charge in [-0.3, -0.25) is 19.7 Å². The molecule has 11 heteroatoms. The Balaban J connectivity index is 2.26. The molecule has 0 saturated heterocycles. The maximum atomic E-state index is 13.3. The molecule has 190 valence electrons. The Morgan fingerprint density at radius 3 is 2.43 bits per heavy atom. The lowest BCUT2D eigenvalue weighted by Crippen LogP contribution is -2.50. The normalized spacial score (nSPS) is 11.6. The summed E-state index contributed by atoms with van der Waals surface area (Å²) < 4.78 is 10.6. The molecule has 0 aromatic heterocycles. The highest BCUT2D eigenvalue weighted by molar-refractivity contribution is 6.42. The number of methoxy groups -OCH3 is 1. The average Bonchev–Trinajstić information content (AvgIpc) is 2.82. The van der Waals surface area contributed by atoms with Gasteiger partial charge in [-0.2, -0.15) is 0 Å². The molecule has 0 unspecified atom stereocenters. The van der Waals surface area contributed by atoms with Crippen molar-refractivity contribution in [3.8, 4) is 11.5 Å². The van der Waals surface area contributed by atoms with Gasteiger partial charge in [-0.1, -0.05) is 50.0 Å². The number of ether oxygens (including phenoxy) is 2. The molecule has 0 heterocycles. The lowest BCUT2D eigenvalue weighted by molar-refractivity contribution is -0.385. The first-order valence-corrected chi connectivity index (χ1v) is 11.8. The fourth-order valence-corrected chi connectivity index (χ4v) is 3.62. The van der Waals surface area contributed by atoms with Gasteiger partial charge in [0.25, 0.3) is 5.91 Å². The fourth-order valence-electron chi connectivity index (χ4n) is 3.30. The van der Waals surface area contributed by atoms with E-state index in [0.717, 1.165) is 0 Å². The summed E-state index contributed by atoms with van der Waals surface area (Å²) in [5.74, 6) is -0.248. The van der Waals surface area contributed by atoms with Crippen molar-refractivity contribution in [3.05, 3.63) is 62.1 Å². The van der Waals surface area contributed by atoms with Crippen molar-refractivity contribution < 1.29 is 24.0 Å². The smallest absolute Gasteiger partial charge is 0.311 e. The Hall–Kier alpha value is -3.04. The molecule has 9 nitrogen and oxygen atoms in total. The molecule has 0 saturated carbocycles.